The lowest BCUT2D eigenvalue weighted by molar-refractivity contribution is 0.274. The number of aryl methyl sites for hydroxylation is 1. The molecule has 0 amide bonds. The van der Waals surface area contributed by atoms with Crippen LogP contribution in [0.5, 0.6) is 5.75 Å². The van der Waals surface area contributed by atoms with E-state index in [-0.39, 0.29) is 5.75 Å². The number of aromatic nitrogens is 6. The van der Waals surface area contributed by atoms with E-state index in [0.29, 0.717) is 6.42 Å². The minimum absolute atomic E-state index is 0.324. The molecule has 0 radical (unpaired) electrons. The second-order valence-electron chi connectivity index (χ2n) is 11.9. The first-order chi connectivity index (χ1) is 21.4. The Kier molecular flexibility index (Phi) is 7.73. The molecule has 2 aliphatic rings. The Morgan fingerprint density at radius 3 is 2.70 bits per heavy atom. The van der Waals surface area contributed by atoms with Gasteiger partial charge >= 0.3 is 0 Å². The van der Waals surface area contributed by atoms with Crippen LogP contribution < -0.4 is 4.90 Å². The van der Waals surface area contributed by atoms with Gasteiger partial charge in [0, 0.05) is 63.2 Å². The zero-order chi connectivity index (χ0) is 30.2. The standard InChI is InChI=1S/C33H38FN9O/c1-3-21-16-30(44)26(34)17-25(21)22-5-6-24-29(15-22)39-40-32(24)33-37-27-7-11-42(12-8-28(27)38-33)20-23-18-36-31(19-35-23)43-10-4-9-41(2)13-14-43/h5-6,15-19,44H,3-4,7-14,20H2,1-2H3,(H,37,38)(H,39,40). The predicted octanol–water partition coefficient (Wildman–Crippen LogP) is 4.56. The second kappa shape index (κ2) is 12.0. The fourth-order valence-corrected chi connectivity index (χ4v) is 6.41. The largest absolute Gasteiger partial charge is 0.505 e. The highest BCUT2D eigenvalue weighted by Crippen LogP contribution is 2.34. The number of fused-ring (bicyclic) bond motifs is 2. The van der Waals surface area contributed by atoms with Gasteiger partial charge in [-0.05, 0) is 67.4 Å². The number of hydrogen-bond donors (Lipinski definition) is 3. The van der Waals surface area contributed by atoms with E-state index in [1.54, 1.807) is 0 Å². The topological polar surface area (TPSA) is 113 Å². The van der Waals surface area contributed by atoms with E-state index in [1.807, 2.05) is 37.5 Å². The number of imidazole rings is 1. The summed E-state index contributed by atoms with van der Waals surface area (Å²) in [5, 5.41) is 18.5. The highest BCUT2D eigenvalue weighted by atomic mass is 19.1. The molecule has 228 valence electrons. The van der Waals surface area contributed by atoms with Crippen LogP contribution in [0.25, 0.3) is 33.5 Å². The molecule has 1 fully saturated rings. The van der Waals surface area contributed by atoms with Crippen molar-refractivity contribution in [2.75, 3.05) is 51.2 Å². The van der Waals surface area contributed by atoms with Crippen molar-refractivity contribution in [2.45, 2.75) is 39.2 Å². The fraction of sp³-hybridized carbons (Fsp3) is 0.394. The maximum absolute atomic E-state index is 14.2. The molecule has 5 aromatic rings. The third kappa shape index (κ3) is 5.65. The van der Waals surface area contributed by atoms with E-state index >= 15 is 0 Å². The lowest BCUT2D eigenvalue weighted by Crippen LogP contribution is -2.30. The maximum Gasteiger partial charge on any atom is 0.165 e. The number of halogens is 1. The summed E-state index contributed by atoms with van der Waals surface area (Å²) in [6.07, 6.45) is 7.40. The number of phenolic OH excluding ortho intramolecular Hbond substituents is 1. The number of aromatic amines is 2. The molecule has 1 saturated heterocycles. The number of aromatic hydroxyl groups is 1. The zero-order valence-electron chi connectivity index (χ0n) is 25.3. The smallest absolute Gasteiger partial charge is 0.165 e. The molecule has 0 spiro atoms. The van der Waals surface area contributed by atoms with Crippen LogP contribution in [-0.2, 0) is 25.8 Å². The van der Waals surface area contributed by atoms with Crippen LogP contribution in [0.2, 0.25) is 0 Å². The molecule has 3 aromatic heterocycles. The van der Waals surface area contributed by atoms with E-state index in [2.05, 4.69) is 36.9 Å². The molecule has 44 heavy (non-hydrogen) atoms. The summed E-state index contributed by atoms with van der Waals surface area (Å²) in [4.78, 5) is 25.2. The van der Waals surface area contributed by atoms with Gasteiger partial charge in [0.25, 0.3) is 0 Å². The molecule has 2 aliphatic heterocycles. The SMILES string of the molecule is CCc1cc(O)c(F)cc1-c1ccc2c(-c3nc4c([nH]3)CCN(Cc3cnc(N5CCCN(C)CC5)cn3)CC4)n[nH]c2c1. The zero-order valence-corrected chi connectivity index (χ0v) is 25.3. The monoisotopic (exact) mass is 595 g/mol. The molecular weight excluding hydrogens is 557 g/mol. The minimum atomic E-state index is -0.624. The van der Waals surface area contributed by atoms with Crippen LogP contribution >= 0.6 is 0 Å². The normalized spacial score (nSPS) is 16.7. The van der Waals surface area contributed by atoms with Gasteiger partial charge in [-0.2, -0.15) is 5.10 Å². The molecule has 2 aromatic carbocycles. The van der Waals surface area contributed by atoms with Gasteiger partial charge in [-0.15, -0.1) is 0 Å². The number of rotatable bonds is 6. The first kappa shape index (κ1) is 28.4. The Hall–Kier alpha value is -4.35. The van der Waals surface area contributed by atoms with Crippen LogP contribution in [-0.4, -0.2) is 91.4 Å². The predicted molar refractivity (Wildman–Crippen MR) is 169 cm³/mol. The molecule has 3 N–H and O–H groups in total. The molecule has 0 saturated carbocycles. The van der Waals surface area contributed by atoms with E-state index in [4.69, 9.17) is 15.0 Å². The van der Waals surface area contributed by atoms with Gasteiger partial charge in [-0.1, -0.05) is 13.0 Å². The van der Waals surface area contributed by atoms with Crippen molar-refractivity contribution in [3.8, 4) is 28.4 Å². The summed E-state index contributed by atoms with van der Waals surface area (Å²) in [5.41, 5.74) is 7.36. The van der Waals surface area contributed by atoms with Crippen molar-refractivity contribution >= 4 is 16.7 Å². The van der Waals surface area contributed by atoms with Crippen molar-refractivity contribution < 1.29 is 9.50 Å². The minimum Gasteiger partial charge on any atom is -0.505 e. The van der Waals surface area contributed by atoms with E-state index < -0.39 is 5.82 Å². The van der Waals surface area contributed by atoms with Crippen LogP contribution in [0.4, 0.5) is 10.2 Å². The Morgan fingerprint density at radius 1 is 0.977 bits per heavy atom. The average molecular weight is 596 g/mol. The number of hydrogen-bond acceptors (Lipinski definition) is 8. The van der Waals surface area contributed by atoms with Gasteiger partial charge in [-0.3, -0.25) is 15.0 Å². The van der Waals surface area contributed by atoms with Crippen LogP contribution in [0.1, 0.15) is 36.0 Å². The summed E-state index contributed by atoms with van der Waals surface area (Å²) in [5.74, 6) is 0.776. The van der Waals surface area contributed by atoms with Crippen molar-refractivity contribution in [3.05, 3.63) is 71.2 Å². The summed E-state index contributed by atoms with van der Waals surface area (Å²) >= 11 is 0. The Bertz CT molecular complexity index is 1750. The molecule has 0 aliphatic carbocycles. The number of phenols is 1. The Labute approximate surface area is 256 Å². The molecular formula is C33H38FN9O. The molecule has 0 atom stereocenters. The number of nitrogens with one attached hydrogen (secondary N) is 2. The number of anilines is 1. The lowest BCUT2D eigenvalue weighted by atomic mass is 9.96. The molecule has 7 rings (SSSR count). The molecule has 0 bridgehead atoms. The summed E-state index contributed by atoms with van der Waals surface area (Å²) < 4.78 is 14.2. The van der Waals surface area contributed by atoms with Crippen molar-refractivity contribution in [1.82, 2.24) is 39.9 Å². The van der Waals surface area contributed by atoms with E-state index in [1.165, 1.54) is 12.1 Å². The quantitative estimate of drug-likeness (QED) is 0.262. The highest BCUT2D eigenvalue weighted by Gasteiger charge is 2.22. The molecule has 5 heterocycles. The number of likely N-dealkylation sites (N-methyl/N-ethyl adjacent to an activating group) is 1. The molecule has 10 nitrogen and oxygen atoms in total. The Morgan fingerprint density at radius 2 is 1.86 bits per heavy atom. The molecule has 11 heteroatoms. The molecule has 0 unspecified atom stereocenters. The van der Waals surface area contributed by atoms with Crippen LogP contribution in [0.3, 0.4) is 0 Å². The first-order valence-electron chi connectivity index (χ1n) is 15.5. The van der Waals surface area contributed by atoms with Crippen molar-refractivity contribution in [3.63, 3.8) is 0 Å². The number of nitrogens with zero attached hydrogens (tertiary/aromatic N) is 7. The second-order valence-corrected chi connectivity index (χ2v) is 11.9. The third-order valence-electron chi connectivity index (χ3n) is 8.98. The Balaban J connectivity index is 1.03. The number of benzene rings is 2. The van der Waals surface area contributed by atoms with Crippen LogP contribution in [0.15, 0.2) is 42.7 Å². The number of H-pyrrole nitrogens is 2. The lowest BCUT2D eigenvalue weighted by Gasteiger charge is -2.22. The van der Waals surface area contributed by atoms with Crippen molar-refractivity contribution in [2.24, 2.45) is 0 Å². The maximum atomic E-state index is 14.2. The van der Waals surface area contributed by atoms with Gasteiger partial charge in [0.2, 0.25) is 0 Å². The summed E-state index contributed by atoms with van der Waals surface area (Å²) in [6, 6.07) is 8.85. The van der Waals surface area contributed by atoms with Crippen LogP contribution in [0, 0.1) is 5.82 Å². The first-order valence-corrected chi connectivity index (χ1v) is 15.5. The fourth-order valence-electron chi connectivity index (χ4n) is 6.41. The highest BCUT2D eigenvalue weighted by molar-refractivity contribution is 5.94. The average Bonchev–Trinajstić information content (AvgIpc) is 3.51. The van der Waals surface area contributed by atoms with Gasteiger partial charge in [0.05, 0.1) is 29.3 Å². The summed E-state index contributed by atoms with van der Waals surface area (Å²) in [7, 11) is 2.17. The van der Waals surface area contributed by atoms with E-state index in [9.17, 15) is 9.50 Å². The van der Waals surface area contributed by atoms with Gasteiger partial charge in [-0.25, -0.2) is 14.4 Å². The van der Waals surface area contributed by atoms with E-state index in [0.717, 1.165) is 127 Å². The van der Waals surface area contributed by atoms with Crippen molar-refractivity contribution in [1.29, 1.82) is 0 Å². The van der Waals surface area contributed by atoms with Gasteiger partial charge < -0.3 is 19.9 Å². The third-order valence-corrected chi connectivity index (χ3v) is 8.98. The van der Waals surface area contributed by atoms with Gasteiger partial charge in [0.15, 0.2) is 17.4 Å². The summed E-state index contributed by atoms with van der Waals surface area (Å²) in [6.45, 7) is 8.74. The van der Waals surface area contributed by atoms with Gasteiger partial charge in [0.1, 0.15) is 11.5 Å².